The van der Waals surface area contributed by atoms with Crippen LogP contribution in [0.2, 0.25) is 0 Å². The summed E-state index contributed by atoms with van der Waals surface area (Å²) in [5, 5.41) is 16.6. The highest BCUT2D eigenvalue weighted by atomic mass is 16.5. The van der Waals surface area contributed by atoms with Crippen LogP contribution in [0.15, 0.2) is 48.5 Å². The Bertz CT molecular complexity index is 1070. The molecule has 3 amide bonds. The molecule has 0 bridgehead atoms. The number of hydrogen-bond acceptors (Lipinski definition) is 5. The zero-order valence-electron chi connectivity index (χ0n) is 19.3. The zero-order chi connectivity index (χ0) is 24.8. The van der Waals surface area contributed by atoms with Gasteiger partial charge in [0.05, 0.1) is 13.0 Å². The number of carbonyl (C=O) groups excluding carboxylic acids is 3. The Balaban J connectivity index is 1.18. The largest absolute Gasteiger partial charge is 0.481 e. The topological polar surface area (TPSA) is 134 Å². The van der Waals surface area contributed by atoms with Crippen LogP contribution in [0.4, 0.5) is 4.79 Å². The molecule has 0 aromatic heterocycles. The highest BCUT2D eigenvalue weighted by molar-refractivity contribution is 5.87. The second-order valence-corrected chi connectivity index (χ2v) is 8.92. The number of carbonyl (C=O) groups is 4. The Hall–Kier alpha value is -3.88. The lowest BCUT2D eigenvalue weighted by Gasteiger charge is -2.19. The first-order chi connectivity index (χ1) is 16.9. The molecular formula is C26H29N3O6. The smallest absolute Gasteiger partial charge is 0.407 e. The molecule has 4 rings (SSSR count). The van der Waals surface area contributed by atoms with Crippen molar-refractivity contribution in [3.63, 3.8) is 0 Å². The Labute approximate surface area is 203 Å². The van der Waals surface area contributed by atoms with E-state index in [9.17, 15) is 19.2 Å². The van der Waals surface area contributed by atoms with E-state index in [1.165, 1.54) is 0 Å². The number of ether oxygens (including phenoxy) is 1. The predicted octanol–water partition coefficient (Wildman–Crippen LogP) is 2.40. The van der Waals surface area contributed by atoms with Crippen LogP contribution in [0.5, 0.6) is 0 Å². The maximum Gasteiger partial charge on any atom is 0.407 e. The molecule has 0 spiro atoms. The minimum Gasteiger partial charge on any atom is -0.481 e. The Morgan fingerprint density at radius 1 is 0.857 bits per heavy atom. The first-order valence-electron chi connectivity index (χ1n) is 11.8. The van der Waals surface area contributed by atoms with E-state index in [4.69, 9.17) is 9.84 Å². The van der Waals surface area contributed by atoms with Gasteiger partial charge in [-0.15, -0.1) is 0 Å². The minimum atomic E-state index is -0.885. The van der Waals surface area contributed by atoms with E-state index < -0.39 is 18.0 Å². The van der Waals surface area contributed by atoms with Crippen molar-refractivity contribution >= 4 is 23.9 Å². The van der Waals surface area contributed by atoms with Gasteiger partial charge in [-0.3, -0.25) is 14.4 Å². The van der Waals surface area contributed by atoms with Crippen molar-refractivity contribution in [2.24, 2.45) is 5.92 Å². The van der Waals surface area contributed by atoms with E-state index in [0.29, 0.717) is 0 Å². The van der Waals surface area contributed by atoms with Crippen molar-refractivity contribution in [1.29, 1.82) is 0 Å². The third-order valence-corrected chi connectivity index (χ3v) is 6.63. The summed E-state index contributed by atoms with van der Waals surface area (Å²) in [7, 11) is 0. The van der Waals surface area contributed by atoms with Crippen LogP contribution in [0, 0.1) is 5.92 Å². The highest BCUT2D eigenvalue weighted by Gasteiger charge is 2.31. The van der Waals surface area contributed by atoms with E-state index >= 15 is 0 Å². The number of carboxylic acid groups (broad SMARTS) is 1. The summed E-state index contributed by atoms with van der Waals surface area (Å²) in [6, 6.07) is 15.8. The third kappa shape index (κ3) is 5.98. The van der Waals surface area contributed by atoms with E-state index in [0.717, 1.165) is 41.5 Å². The summed E-state index contributed by atoms with van der Waals surface area (Å²) in [6.45, 7) is -0.431. The lowest BCUT2D eigenvalue weighted by molar-refractivity contribution is -0.138. The van der Waals surface area contributed by atoms with Crippen LogP contribution in [0.1, 0.15) is 42.7 Å². The third-order valence-electron chi connectivity index (χ3n) is 6.63. The fourth-order valence-electron chi connectivity index (χ4n) is 5.00. The molecule has 9 heteroatoms. The van der Waals surface area contributed by atoms with Gasteiger partial charge in [0.15, 0.2) is 0 Å². The van der Waals surface area contributed by atoms with Gasteiger partial charge in [0.1, 0.15) is 13.2 Å². The average Bonchev–Trinajstić information content (AvgIpc) is 3.41. The number of benzene rings is 2. The SMILES string of the molecule is O=C(O)C[C@@H]1CCC[C@H]1NC(=O)CNC(=O)CNC(=O)OCC1c2ccccc2-c2ccccc21. The van der Waals surface area contributed by atoms with Gasteiger partial charge in [0.25, 0.3) is 0 Å². The molecule has 2 aromatic carbocycles. The molecule has 35 heavy (non-hydrogen) atoms. The normalized spacial score (nSPS) is 18.3. The highest BCUT2D eigenvalue weighted by Crippen LogP contribution is 2.44. The molecule has 2 atom stereocenters. The Morgan fingerprint density at radius 3 is 2.14 bits per heavy atom. The molecule has 2 aliphatic rings. The van der Waals surface area contributed by atoms with Gasteiger partial charge in [-0.25, -0.2) is 4.79 Å². The van der Waals surface area contributed by atoms with Crippen LogP contribution in [-0.4, -0.2) is 54.7 Å². The molecule has 0 aliphatic heterocycles. The van der Waals surface area contributed by atoms with Gasteiger partial charge in [-0.1, -0.05) is 55.0 Å². The standard InChI is InChI=1S/C26H29N3O6/c30-23(27-14-24(31)29-22-11-5-6-16(22)12-25(32)33)13-28-26(34)35-15-21-19-9-3-1-7-17(19)18-8-2-4-10-20(18)21/h1-4,7-10,16,21-22H,5-6,11-15H2,(H,27,30)(H,28,34)(H,29,31)(H,32,33)/t16-,22+/m0/s1. The molecule has 4 N–H and O–H groups in total. The summed E-state index contributed by atoms with van der Waals surface area (Å²) in [6.07, 6.45) is 1.64. The van der Waals surface area contributed by atoms with Crippen LogP contribution in [0.3, 0.4) is 0 Å². The van der Waals surface area contributed by atoms with Crippen molar-refractivity contribution in [2.45, 2.75) is 37.6 Å². The molecule has 1 saturated carbocycles. The summed E-state index contributed by atoms with van der Waals surface area (Å²) in [5.41, 5.74) is 4.44. The minimum absolute atomic E-state index is 0.0152. The Morgan fingerprint density at radius 2 is 1.49 bits per heavy atom. The molecule has 2 aliphatic carbocycles. The number of nitrogens with one attached hydrogen (secondary N) is 3. The number of hydrogen-bond donors (Lipinski definition) is 4. The average molecular weight is 480 g/mol. The summed E-state index contributed by atoms with van der Waals surface area (Å²) in [5.74, 6) is -1.97. The second-order valence-electron chi connectivity index (χ2n) is 8.92. The number of amides is 3. The van der Waals surface area contributed by atoms with Gasteiger partial charge in [0, 0.05) is 12.0 Å². The predicted molar refractivity (Wildman–Crippen MR) is 128 cm³/mol. The molecule has 2 aromatic rings. The summed E-state index contributed by atoms with van der Waals surface area (Å²) >= 11 is 0. The second kappa shape index (κ2) is 11.0. The van der Waals surface area contributed by atoms with Crippen molar-refractivity contribution in [3.05, 3.63) is 59.7 Å². The number of carboxylic acids is 1. The fourth-order valence-corrected chi connectivity index (χ4v) is 5.00. The maximum atomic E-state index is 12.2. The van der Waals surface area contributed by atoms with Gasteiger partial charge in [-0.05, 0) is 41.0 Å². The van der Waals surface area contributed by atoms with Gasteiger partial charge in [0.2, 0.25) is 11.8 Å². The fraction of sp³-hybridized carbons (Fsp3) is 0.385. The van der Waals surface area contributed by atoms with Gasteiger partial charge < -0.3 is 25.8 Å². The van der Waals surface area contributed by atoms with Gasteiger partial charge >= 0.3 is 12.1 Å². The number of aliphatic carboxylic acids is 1. The molecule has 184 valence electrons. The Kier molecular flexibility index (Phi) is 7.64. The summed E-state index contributed by atoms with van der Waals surface area (Å²) in [4.78, 5) is 47.3. The lowest BCUT2D eigenvalue weighted by atomic mass is 9.98. The lowest BCUT2D eigenvalue weighted by Crippen LogP contribution is -2.45. The van der Waals surface area contributed by atoms with Crippen molar-refractivity contribution < 1.29 is 29.0 Å². The van der Waals surface area contributed by atoms with Crippen LogP contribution >= 0.6 is 0 Å². The quantitative estimate of drug-likeness (QED) is 0.436. The van der Waals surface area contributed by atoms with E-state index in [-0.39, 0.29) is 49.9 Å². The molecule has 0 radical (unpaired) electrons. The van der Waals surface area contributed by atoms with Crippen LogP contribution in [-0.2, 0) is 19.1 Å². The first-order valence-corrected chi connectivity index (χ1v) is 11.8. The number of fused-ring (bicyclic) bond motifs is 3. The van der Waals surface area contributed by atoms with Crippen LogP contribution in [0.25, 0.3) is 11.1 Å². The number of rotatable bonds is 9. The van der Waals surface area contributed by atoms with Crippen molar-refractivity contribution in [1.82, 2.24) is 16.0 Å². The molecule has 1 fully saturated rings. The molecule has 0 heterocycles. The van der Waals surface area contributed by atoms with Crippen LogP contribution < -0.4 is 16.0 Å². The monoisotopic (exact) mass is 479 g/mol. The number of alkyl carbamates (subject to hydrolysis) is 1. The zero-order valence-corrected chi connectivity index (χ0v) is 19.3. The maximum absolute atomic E-state index is 12.2. The van der Waals surface area contributed by atoms with Gasteiger partial charge in [-0.2, -0.15) is 0 Å². The molecule has 9 nitrogen and oxygen atoms in total. The summed E-state index contributed by atoms with van der Waals surface area (Å²) < 4.78 is 5.39. The van der Waals surface area contributed by atoms with Crippen molar-refractivity contribution in [2.75, 3.05) is 19.7 Å². The first kappa shape index (κ1) is 24.3. The molecular weight excluding hydrogens is 450 g/mol. The van der Waals surface area contributed by atoms with E-state index in [1.807, 2.05) is 48.5 Å². The van der Waals surface area contributed by atoms with E-state index in [1.54, 1.807) is 0 Å². The molecule has 0 unspecified atom stereocenters. The molecule has 0 saturated heterocycles. The van der Waals surface area contributed by atoms with Crippen molar-refractivity contribution in [3.8, 4) is 11.1 Å². The van der Waals surface area contributed by atoms with E-state index in [2.05, 4.69) is 16.0 Å².